The van der Waals surface area contributed by atoms with Gasteiger partial charge >= 0.3 is 0 Å². The maximum Gasteiger partial charge on any atom is 0.240 e. The molecule has 0 aliphatic rings. The van der Waals surface area contributed by atoms with Gasteiger partial charge < -0.3 is 0 Å². The SMILES string of the molecule is O=S(=O)(NCCc1cccc2cccnc12)c1ccccc1. The van der Waals surface area contributed by atoms with Crippen molar-refractivity contribution in [3.8, 4) is 0 Å². The van der Waals surface area contributed by atoms with Gasteiger partial charge in [-0.25, -0.2) is 13.1 Å². The van der Waals surface area contributed by atoms with E-state index in [1.54, 1.807) is 36.5 Å². The Balaban J connectivity index is 1.73. The molecule has 3 aromatic rings. The topological polar surface area (TPSA) is 59.1 Å². The second-order valence-corrected chi connectivity index (χ2v) is 6.72. The molecule has 3 rings (SSSR count). The minimum absolute atomic E-state index is 0.283. The standard InChI is InChI=1S/C17H16N2O2S/c20-22(21,16-9-2-1-3-10-16)19-13-11-15-7-4-6-14-8-5-12-18-17(14)15/h1-10,12,19H,11,13H2. The number of hydrogen-bond acceptors (Lipinski definition) is 3. The number of benzene rings is 2. The van der Waals surface area contributed by atoms with Crippen molar-refractivity contribution in [3.63, 3.8) is 0 Å². The number of hydrogen-bond donors (Lipinski definition) is 1. The minimum atomic E-state index is -3.45. The quantitative estimate of drug-likeness (QED) is 0.788. The molecule has 0 saturated carbocycles. The summed E-state index contributed by atoms with van der Waals surface area (Å²) in [7, 11) is -3.45. The summed E-state index contributed by atoms with van der Waals surface area (Å²) in [5.74, 6) is 0. The van der Waals surface area contributed by atoms with Crippen molar-refractivity contribution in [2.75, 3.05) is 6.54 Å². The van der Waals surface area contributed by atoms with E-state index < -0.39 is 10.0 Å². The predicted molar refractivity (Wildman–Crippen MR) is 87.1 cm³/mol. The van der Waals surface area contributed by atoms with Crippen LogP contribution in [0.1, 0.15) is 5.56 Å². The third-order valence-corrected chi connectivity index (χ3v) is 4.93. The van der Waals surface area contributed by atoms with E-state index in [-0.39, 0.29) is 4.90 Å². The van der Waals surface area contributed by atoms with Gasteiger partial charge in [0.15, 0.2) is 0 Å². The average Bonchev–Trinajstić information content (AvgIpc) is 2.56. The Labute approximate surface area is 129 Å². The molecule has 0 radical (unpaired) electrons. The molecule has 2 aromatic carbocycles. The molecular weight excluding hydrogens is 296 g/mol. The van der Waals surface area contributed by atoms with Gasteiger partial charge in [-0.1, -0.05) is 42.5 Å². The van der Waals surface area contributed by atoms with Crippen LogP contribution in [-0.4, -0.2) is 19.9 Å². The maximum atomic E-state index is 12.2. The zero-order valence-corrected chi connectivity index (χ0v) is 12.8. The zero-order chi connectivity index (χ0) is 15.4. The van der Waals surface area contributed by atoms with Crippen molar-refractivity contribution in [2.45, 2.75) is 11.3 Å². The highest BCUT2D eigenvalue weighted by Crippen LogP contribution is 2.16. The number of rotatable bonds is 5. The highest BCUT2D eigenvalue weighted by Gasteiger charge is 2.12. The Hall–Kier alpha value is -2.24. The van der Waals surface area contributed by atoms with Gasteiger partial charge in [-0.15, -0.1) is 0 Å². The first-order valence-electron chi connectivity index (χ1n) is 7.04. The Morgan fingerprint density at radius 2 is 1.68 bits per heavy atom. The van der Waals surface area contributed by atoms with Crippen LogP contribution < -0.4 is 4.72 Å². The van der Waals surface area contributed by atoms with E-state index in [1.165, 1.54) is 0 Å². The molecule has 0 atom stereocenters. The van der Waals surface area contributed by atoms with Crippen LogP contribution in [0.15, 0.2) is 71.8 Å². The lowest BCUT2D eigenvalue weighted by molar-refractivity contribution is 0.581. The van der Waals surface area contributed by atoms with E-state index in [0.717, 1.165) is 16.5 Å². The molecule has 0 bridgehead atoms. The van der Waals surface area contributed by atoms with Crippen LogP contribution in [0.3, 0.4) is 0 Å². The van der Waals surface area contributed by atoms with Crippen molar-refractivity contribution < 1.29 is 8.42 Å². The number of fused-ring (bicyclic) bond motifs is 1. The van der Waals surface area contributed by atoms with E-state index in [1.807, 2.05) is 30.3 Å². The van der Waals surface area contributed by atoms with Crippen molar-refractivity contribution >= 4 is 20.9 Å². The fraction of sp³-hybridized carbons (Fsp3) is 0.118. The molecule has 5 heteroatoms. The molecule has 112 valence electrons. The van der Waals surface area contributed by atoms with Crippen LogP contribution in [0.2, 0.25) is 0 Å². The fourth-order valence-corrected chi connectivity index (χ4v) is 3.43. The summed E-state index contributed by atoms with van der Waals surface area (Å²) in [5.41, 5.74) is 1.96. The third-order valence-electron chi connectivity index (χ3n) is 3.46. The van der Waals surface area contributed by atoms with Crippen molar-refractivity contribution in [3.05, 3.63) is 72.4 Å². The first-order valence-corrected chi connectivity index (χ1v) is 8.52. The average molecular weight is 312 g/mol. The zero-order valence-electron chi connectivity index (χ0n) is 11.9. The van der Waals surface area contributed by atoms with E-state index in [9.17, 15) is 8.42 Å². The second-order valence-electron chi connectivity index (χ2n) is 4.95. The van der Waals surface area contributed by atoms with E-state index in [2.05, 4.69) is 9.71 Å². The van der Waals surface area contributed by atoms with Crippen LogP contribution in [0, 0.1) is 0 Å². The molecule has 0 saturated heterocycles. The normalized spacial score (nSPS) is 11.6. The number of pyridine rings is 1. The first kappa shape index (κ1) is 14.7. The maximum absolute atomic E-state index is 12.2. The Kier molecular flexibility index (Phi) is 4.18. The molecule has 0 aliphatic carbocycles. The summed E-state index contributed by atoms with van der Waals surface area (Å²) >= 11 is 0. The van der Waals surface area contributed by atoms with E-state index >= 15 is 0 Å². The lowest BCUT2D eigenvalue weighted by Crippen LogP contribution is -2.26. The van der Waals surface area contributed by atoms with Gasteiger partial charge in [0, 0.05) is 18.1 Å². The Morgan fingerprint density at radius 3 is 2.50 bits per heavy atom. The van der Waals surface area contributed by atoms with Crippen molar-refractivity contribution in [1.82, 2.24) is 9.71 Å². The Bertz CT molecular complexity index is 872. The molecule has 1 N–H and O–H groups in total. The summed E-state index contributed by atoms with van der Waals surface area (Å²) < 4.78 is 27.0. The van der Waals surface area contributed by atoms with Gasteiger partial charge in [0.2, 0.25) is 10.0 Å². The van der Waals surface area contributed by atoms with Gasteiger partial charge in [0.05, 0.1) is 10.4 Å². The van der Waals surface area contributed by atoms with Gasteiger partial charge in [-0.2, -0.15) is 0 Å². The molecule has 0 spiro atoms. The van der Waals surface area contributed by atoms with Crippen molar-refractivity contribution in [2.24, 2.45) is 0 Å². The second kappa shape index (κ2) is 6.25. The summed E-state index contributed by atoms with van der Waals surface area (Å²) in [5, 5.41) is 1.06. The summed E-state index contributed by atoms with van der Waals surface area (Å²) in [6.07, 6.45) is 2.35. The predicted octanol–water partition coefficient (Wildman–Crippen LogP) is 2.76. The molecule has 4 nitrogen and oxygen atoms in total. The lowest BCUT2D eigenvalue weighted by Gasteiger charge is -2.08. The van der Waals surface area contributed by atoms with Gasteiger partial charge in [-0.05, 0) is 30.2 Å². The molecule has 1 heterocycles. The van der Waals surface area contributed by atoms with E-state index in [4.69, 9.17) is 0 Å². The number of sulfonamides is 1. The van der Waals surface area contributed by atoms with Gasteiger partial charge in [0.25, 0.3) is 0 Å². The van der Waals surface area contributed by atoms with Crippen LogP contribution in [0.5, 0.6) is 0 Å². The van der Waals surface area contributed by atoms with Crippen LogP contribution in [-0.2, 0) is 16.4 Å². The summed E-state index contributed by atoms with van der Waals surface area (Å²) in [6, 6.07) is 18.2. The molecule has 0 fully saturated rings. The molecular formula is C17H16N2O2S. The fourth-order valence-electron chi connectivity index (χ4n) is 2.37. The Morgan fingerprint density at radius 1 is 0.909 bits per heavy atom. The molecule has 0 aliphatic heterocycles. The van der Waals surface area contributed by atoms with Gasteiger partial charge in [-0.3, -0.25) is 4.98 Å². The van der Waals surface area contributed by atoms with Crippen LogP contribution >= 0.6 is 0 Å². The highest BCUT2D eigenvalue weighted by molar-refractivity contribution is 7.89. The monoisotopic (exact) mass is 312 g/mol. The van der Waals surface area contributed by atoms with Crippen LogP contribution in [0.25, 0.3) is 10.9 Å². The lowest BCUT2D eigenvalue weighted by atomic mass is 10.1. The van der Waals surface area contributed by atoms with E-state index in [0.29, 0.717) is 13.0 Å². The number of nitrogens with zero attached hydrogens (tertiary/aromatic N) is 1. The largest absolute Gasteiger partial charge is 0.256 e. The van der Waals surface area contributed by atoms with Gasteiger partial charge in [0.1, 0.15) is 0 Å². The molecule has 0 unspecified atom stereocenters. The third kappa shape index (κ3) is 3.16. The smallest absolute Gasteiger partial charge is 0.240 e. The summed E-state index contributed by atoms with van der Waals surface area (Å²) in [6.45, 7) is 0.340. The minimum Gasteiger partial charge on any atom is -0.256 e. The van der Waals surface area contributed by atoms with Crippen molar-refractivity contribution in [1.29, 1.82) is 0 Å². The number of aromatic nitrogens is 1. The number of nitrogens with one attached hydrogen (secondary N) is 1. The highest BCUT2D eigenvalue weighted by atomic mass is 32.2. The molecule has 22 heavy (non-hydrogen) atoms. The number of para-hydroxylation sites is 1. The molecule has 0 amide bonds. The first-order chi connectivity index (χ1) is 10.7. The molecule has 1 aromatic heterocycles. The van der Waals surface area contributed by atoms with Crippen LogP contribution in [0.4, 0.5) is 0 Å². The summed E-state index contributed by atoms with van der Waals surface area (Å²) in [4.78, 5) is 4.66.